The van der Waals surface area contributed by atoms with Crippen LogP contribution in [-0.4, -0.2) is 29.5 Å². The lowest BCUT2D eigenvalue weighted by molar-refractivity contribution is 0.155. The second kappa shape index (κ2) is 6.67. The standard InChI is InChI=1S/C18H24FN3S/c1-18(2,3)17-21-10-15(23-17)12-22-8-7-20-11-16(22)13-5-4-6-14(19)9-13/h4-6,9-10,16,20H,7-8,11-12H2,1-3H3. The Hall–Kier alpha value is -1.30. The van der Waals surface area contributed by atoms with Gasteiger partial charge in [-0.1, -0.05) is 32.9 Å². The van der Waals surface area contributed by atoms with Crippen molar-refractivity contribution in [3.8, 4) is 0 Å². The van der Waals surface area contributed by atoms with Crippen LogP contribution in [0.25, 0.3) is 0 Å². The molecule has 0 spiro atoms. The van der Waals surface area contributed by atoms with Gasteiger partial charge in [-0.2, -0.15) is 0 Å². The van der Waals surface area contributed by atoms with E-state index < -0.39 is 0 Å². The van der Waals surface area contributed by atoms with Crippen LogP contribution in [0.15, 0.2) is 30.5 Å². The van der Waals surface area contributed by atoms with E-state index in [0.717, 1.165) is 31.7 Å². The number of hydrogen-bond donors (Lipinski definition) is 1. The summed E-state index contributed by atoms with van der Waals surface area (Å²) in [6.07, 6.45) is 2.00. The van der Waals surface area contributed by atoms with Gasteiger partial charge >= 0.3 is 0 Å². The van der Waals surface area contributed by atoms with Crippen molar-refractivity contribution < 1.29 is 4.39 Å². The van der Waals surface area contributed by atoms with Crippen LogP contribution in [0.4, 0.5) is 4.39 Å². The fourth-order valence-electron chi connectivity index (χ4n) is 2.91. The van der Waals surface area contributed by atoms with Gasteiger partial charge in [0.05, 0.1) is 5.01 Å². The Kier molecular flexibility index (Phi) is 4.80. The van der Waals surface area contributed by atoms with Gasteiger partial charge in [-0.15, -0.1) is 11.3 Å². The van der Waals surface area contributed by atoms with Crippen molar-refractivity contribution in [2.75, 3.05) is 19.6 Å². The minimum absolute atomic E-state index is 0.0916. The van der Waals surface area contributed by atoms with Crippen LogP contribution in [-0.2, 0) is 12.0 Å². The van der Waals surface area contributed by atoms with E-state index in [2.05, 4.69) is 36.0 Å². The lowest BCUT2D eigenvalue weighted by Crippen LogP contribution is -2.45. The third-order valence-electron chi connectivity index (χ3n) is 4.14. The molecule has 1 aliphatic heterocycles. The van der Waals surface area contributed by atoms with E-state index in [1.165, 1.54) is 16.0 Å². The molecule has 1 fully saturated rings. The van der Waals surface area contributed by atoms with E-state index in [1.54, 1.807) is 23.5 Å². The van der Waals surface area contributed by atoms with E-state index >= 15 is 0 Å². The first-order valence-corrected chi connectivity index (χ1v) is 8.90. The molecule has 2 heterocycles. The highest BCUT2D eigenvalue weighted by Gasteiger charge is 2.25. The van der Waals surface area contributed by atoms with E-state index in [9.17, 15) is 4.39 Å². The molecule has 5 heteroatoms. The van der Waals surface area contributed by atoms with Crippen molar-refractivity contribution in [2.45, 2.75) is 38.8 Å². The van der Waals surface area contributed by atoms with Crippen molar-refractivity contribution in [3.63, 3.8) is 0 Å². The maximum atomic E-state index is 13.6. The van der Waals surface area contributed by atoms with Gasteiger partial charge in [-0.25, -0.2) is 9.37 Å². The fraction of sp³-hybridized carbons (Fsp3) is 0.500. The van der Waals surface area contributed by atoms with Crippen LogP contribution in [0.1, 0.15) is 42.3 Å². The molecule has 1 aromatic heterocycles. The average Bonchev–Trinajstić information content (AvgIpc) is 2.96. The number of halogens is 1. The molecule has 0 aliphatic carbocycles. The second-order valence-corrected chi connectivity index (χ2v) is 8.24. The van der Waals surface area contributed by atoms with Crippen LogP contribution < -0.4 is 5.32 Å². The molecule has 2 aromatic rings. The number of piperazine rings is 1. The maximum Gasteiger partial charge on any atom is 0.123 e. The topological polar surface area (TPSA) is 28.2 Å². The van der Waals surface area contributed by atoms with Crippen molar-refractivity contribution in [2.24, 2.45) is 0 Å². The SMILES string of the molecule is CC(C)(C)c1ncc(CN2CCNCC2c2cccc(F)c2)s1. The number of benzene rings is 1. The zero-order valence-electron chi connectivity index (χ0n) is 14.0. The summed E-state index contributed by atoms with van der Waals surface area (Å²) >= 11 is 1.79. The second-order valence-electron chi connectivity index (χ2n) is 7.13. The van der Waals surface area contributed by atoms with Crippen LogP contribution in [0.2, 0.25) is 0 Å². The monoisotopic (exact) mass is 333 g/mol. The van der Waals surface area contributed by atoms with Crippen LogP contribution in [0, 0.1) is 5.82 Å². The van der Waals surface area contributed by atoms with Gasteiger partial charge in [0.25, 0.3) is 0 Å². The highest BCUT2D eigenvalue weighted by Crippen LogP contribution is 2.30. The fourth-order valence-corrected chi connectivity index (χ4v) is 3.90. The summed E-state index contributed by atoms with van der Waals surface area (Å²) in [4.78, 5) is 8.28. The molecule has 0 radical (unpaired) electrons. The number of nitrogens with zero attached hydrogens (tertiary/aromatic N) is 2. The normalized spacial score (nSPS) is 19.9. The number of hydrogen-bond acceptors (Lipinski definition) is 4. The summed E-state index contributed by atoms with van der Waals surface area (Å²) in [6.45, 7) is 10.2. The van der Waals surface area contributed by atoms with Crippen LogP contribution in [0.5, 0.6) is 0 Å². The average molecular weight is 333 g/mol. The maximum absolute atomic E-state index is 13.6. The smallest absolute Gasteiger partial charge is 0.123 e. The van der Waals surface area contributed by atoms with E-state index in [1.807, 2.05) is 12.3 Å². The first-order valence-electron chi connectivity index (χ1n) is 8.09. The molecular weight excluding hydrogens is 309 g/mol. The lowest BCUT2D eigenvalue weighted by atomic mass is 9.98. The number of nitrogens with one attached hydrogen (secondary N) is 1. The summed E-state index contributed by atoms with van der Waals surface area (Å²) in [6, 6.07) is 7.17. The molecule has 124 valence electrons. The molecule has 23 heavy (non-hydrogen) atoms. The Morgan fingerprint density at radius 1 is 1.39 bits per heavy atom. The van der Waals surface area contributed by atoms with Gasteiger partial charge in [0.15, 0.2) is 0 Å². The van der Waals surface area contributed by atoms with Crippen molar-refractivity contribution in [1.82, 2.24) is 15.2 Å². The molecule has 3 rings (SSSR count). The van der Waals surface area contributed by atoms with Gasteiger partial charge in [-0.05, 0) is 17.7 Å². The summed E-state index contributed by atoms with van der Waals surface area (Å²) in [5.74, 6) is -0.166. The number of aromatic nitrogens is 1. The zero-order valence-corrected chi connectivity index (χ0v) is 14.8. The molecule has 3 nitrogen and oxygen atoms in total. The molecule has 1 saturated heterocycles. The number of thiazole rings is 1. The highest BCUT2D eigenvalue weighted by molar-refractivity contribution is 7.11. The molecule has 1 unspecified atom stereocenters. The Labute approximate surface area is 141 Å². The van der Waals surface area contributed by atoms with E-state index in [0.29, 0.717) is 0 Å². The van der Waals surface area contributed by atoms with E-state index in [-0.39, 0.29) is 17.3 Å². The Morgan fingerprint density at radius 3 is 2.91 bits per heavy atom. The quantitative estimate of drug-likeness (QED) is 0.928. The first-order chi connectivity index (χ1) is 10.9. The predicted octanol–water partition coefficient (Wildman–Crippen LogP) is 3.73. The predicted molar refractivity (Wildman–Crippen MR) is 93.2 cm³/mol. The van der Waals surface area contributed by atoms with Gasteiger partial charge in [0.1, 0.15) is 5.82 Å². The van der Waals surface area contributed by atoms with Gasteiger partial charge in [-0.3, -0.25) is 4.90 Å². The molecule has 0 saturated carbocycles. The Balaban J connectivity index is 1.78. The summed E-state index contributed by atoms with van der Waals surface area (Å²) in [7, 11) is 0. The Bertz CT molecular complexity index is 662. The van der Waals surface area contributed by atoms with Crippen molar-refractivity contribution >= 4 is 11.3 Å². The highest BCUT2D eigenvalue weighted by atomic mass is 32.1. The molecule has 0 amide bonds. The van der Waals surface area contributed by atoms with Crippen molar-refractivity contribution in [1.29, 1.82) is 0 Å². The minimum atomic E-state index is -0.166. The molecule has 0 bridgehead atoms. The van der Waals surface area contributed by atoms with Crippen molar-refractivity contribution in [3.05, 3.63) is 51.7 Å². The lowest BCUT2D eigenvalue weighted by Gasteiger charge is -2.36. The van der Waals surface area contributed by atoms with Gasteiger partial charge < -0.3 is 5.32 Å². The number of rotatable bonds is 3. The summed E-state index contributed by atoms with van der Waals surface area (Å²) < 4.78 is 13.6. The largest absolute Gasteiger partial charge is 0.314 e. The molecule has 1 atom stereocenters. The molecular formula is C18H24FN3S. The van der Waals surface area contributed by atoms with Crippen LogP contribution in [0.3, 0.4) is 0 Å². The molecule has 1 aliphatic rings. The summed E-state index contributed by atoms with van der Waals surface area (Å²) in [5.41, 5.74) is 1.13. The molecule has 1 N–H and O–H groups in total. The van der Waals surface area contributed by atoms with Gasteiger partial charge in [0, 0.05) is 48.7 Å². The summed E-state index contributed by atoms with van der Waals surface area (Å²) in [5, 5.41) is 4.59. The van der Waals surface area contributed by atoms with Gasteiger partial charge in [0.2, 0.25) is 0 Å². The Morgan fingerprint density at radius 2 is 2.22 bits per heavy atom. The van der Waals surface area contributed by atoms with E-state index in [4.69, 9.17) is 0 Å². The van der Waals surface area contributed by atoms with Crippen LogP contribution >= 0.6 is 11.3 Å². The third-order valence-corrected chi connectivity index (χ3v) is 5.55. The molecule has 1 aromatic carbocycles. The third kappa shape index (κ3) is 3.97. The zero-order chi connectivity index (χ0) is 16.4. The minimum Gasteiger partial charge on any atom is -0.314 e. The first kappa shape index (κ1) is 16.6.